The Morgan fingerprint density at radius 2 is 1.68 bits per heavy atom. The maximum atomic E-state index is 13.7. The first-order valence-corrected chi connectivity index (χ1v) is 11.4. The average molecular weight is 438 g/mol. The molecule has 1 heterocycles. The molecule has 0 fully saturated rings. The number of rotatable bonds is 4. The van der Waals surface area contributed by atoms with Crippen LogP contribution in [0, 0.1) is 5.92 Å². The fourth-order valence-corrected chi connectivity index (χ4v) is 5.61. The summed E-state index contributed by atoms with van der Waals surface area (Å²) >= 11 is 1.79. The molecule has 0 bridgehead atoms. The van der Waals surface area contributed by atoms with Crippen LogP contribution in [0.3, 0.4) is 0 Å². The molecule has 1 aliphatic heterocycles. The molecule has 2 aliphatic rings. The fourth-order valence-electron chi connectivity index (χ4n) is 4.75. The Morgan fingerprint density at radius 1 is 0.903 bits per heavy atom. The number of hydrogen-bond donors (Lipinski definition) is 1. The highest BCUT2D eigenvalue weighted by molar-refractivity contribution is 7.98. The van der Waals surface area contributed by atoms with Gasteiger partial charge < -0.3 is 5.32 Å². The van der Waals surface area contributed by atoms with E-state index in [0.29, 0.717) is 5.56 Å². The van der Waals surface area contributed by atoms with Gasteiger partial charge in [-0.1, -0.05) is 60.7 Å². The minimum atomic E-state index is -4.36. The van der Waals surface area contributed by atoms with Gasteiger partial charge in [-0.15, -0.1) is 11.8 Å². The van der Waals surface area contributed by atoms with Crippen molar-refractivity contribution in [2.24, 2.45) is 5.92 Å². The Kier molecular flexibility index (Phi) is 5.30. The van der Waals surface area contributed by atoms with E-state index in [1.807, 2.05) is 24.3 Å². The molecule has 3 aromatic carbocycles. The zero-order valence-corrected chi connectivity index (χ0v) is 17.6. The van der Waals surface area contributed by atoms with Crippen molar-refractivity contribution in [2.75, 3.05) is 5.32 Å². The molecule has 31 heavy (non-hydrogen) atoms. The number of nitrogens with one attached hydrogen (secondary N) is 1. The highest BCUT2D eigenvalue weighted by Gasteiger charge is 2.42. The Hall–Kier alpha value is -2.66. The summed E-state index contributed by atoms with van der Waals surface area (Å²) in [6, 6.07) is 22.2. The first-order chi connectivity index (χ1) is 15.0. The van der Waals surface area contributed by atoms with Crippen LogP contribution in [0.1, 0.15) is 40.6 Å². The van der Waals surface area contributed by atoms with E-state index in [9.17, 15) is 13.2 Å². The highest BCUT2D eigenvalue weighted by atomic mass is 32.2. The van der Waals surface area contributed by atoms with Crippen molar-refractivity contribution in [2.45, 2.75) is 35.2 Å². The van der Waals surface area contributed by atoms with Crippen molar-refractivity contribution in [3.05, 3.63) is 107 Å². The number of halogens is 3. The molecule has 0 saturated heterocycles. The molecule has 158 valence electrons. The molecule has 1 aliphatic carbocycles. The first kappa shape index (κ1) is 20.3. The zero-order chi connectivity index (χ0) is 21.4. The van der Waals surface area contributed by atoms with Crippen LogP contribution in [0.5, 0.6) is 0 Å². The van der Waals surface area contributed by atoms with Gasteiger partial charge >= 0.3 is 6.18 Å². The van der Waals surface area contributed by atoms with Crippen LogP contribution in [0.2, 0.25) is 0 Å². The summed E-state index contributed by atoms with van der Waals surface area (Å²) in [5.74, 6) is 1.07. The van der Waals surface area contributed by atoms with Crippen molar-refractivity contribution in [3.63, 3.8) is 0 Å². The second-order valence-corrected chi connectivity index (χ2v) is 9.13. The molecule has 0 spiro atoms. The molecular weight excluding hydrogens is 415 g/mol. The summed E-state index contributed by atoms with van der Waals surface area (Å²) < 4.78 is 41.0. The fraction of sp³-hybridized carbons (Fsp3) is 0.231. The minimum absolute atomic E-state index is 0.0769. The maximum absolute atomic E-state index is 13.7. The maximum Gasteiger partial charge on any atom is 0.416 e. The van der Waals surface area contributed by atoms with Crippen molar-refractivity contribution in [3.8, 4) is 0 Å². The van der Waals surface area contributed by atoms with Crippen LogP contribution in [0.15, 0.2) is 89.8 Å². The molecule has 3 aromatic rings. The monoisotopic (exact) mass is 437 g/mol. The van der Waals surface area contributed by atoms with Crippen LogP contribution >= 0.6 is 11.8 Å². The molecular formula is C26H22F3NS. The molecule has 5 heteroatoms. The Morgan fingerprint density at radius 3 is 2.48 bits per heavy atom. The lowest BCUT2D eigenvalue weighted by molar-refractivity contribution is -0.138. The topological polar surface area (TPSA) is 12.0 Å². The number of fused-ring (bicyclic) bond motifs is 3. The van der Waals surface area contributed by atoms with E-state index < -0.39 is 11.7 Å². The summed E-state index contributed by atoms with van der Waals surface area (Å²) in [6.07, 6.45) is 0.692. The Bertz CT molecular complexity index is 1110. The molecule has 0 aromatic heterocycles. The Labute approximate surface area is 184 Å². The quantitative estimate of drug-likeness (QED) is 0.330. The summed E-state index contributed by atoms with van der Waals surface area (Å²) in [6.45, 7) is 0. The molecule has 3 atom stereocenters. The number of benzene rings is 3. The Balaban J connectivity index is 1.45. The van der Waals surface area contributed by atoms with Crippen LogP contribution in [0.25, 0.3) is 0 Å². The van der Waals surface area contributed by atoms with E-state index >= 15 is 0 Å². The first-order valence-electron chi connectivity index (χ1n) is 10.4. The lowest BCUT2D eigenvalue weighted by Crippen LogP contribution is -2.30. The van der Waals surface area contributed by atoms with Gasteiger partial charge in [0.2, 0.25) is 0 Å². The smallest absolute Gasteiger partial charge is 0.378 e. The molecule has 1 N–H and O–H groups in total. The minimum Gasteiger partial charge on any atom is -0.378 e. The third kappa shape index (κ3) is 3.99. The standard InChI is InChI=1S/C26H22F3NS/c27-26(28,29)23-12-5-4-9-21(23)25-20-11-6-10-19(20)22-15-17(13-14-24(22)30-25)16-31-18-7-2-1-3-8-18/h1-10,12-15,19-20,25,30H,11,16H2/t19-,20-,25+/m0/s1. The van der Waals surface area contributed by atoms with Gasteiger partial charge in [0.15, 0.2) is 0 Å². The predicted octanol–water partition coefficient (Wildman–Crippen LogP) is 7.82. The summed E-state index contributed by atoms with van der Waals surface area (Å²) in [5.41, 5.74) is 3.14. The highest BCUT2D eigenvalue weighted by Crippen LogP contribution is 2.51. The molecule has 5 rings (SSSR count). The SMILES string of the molecule is FC(F)(F)c1ccccc1[C@@H]1Nc2ccc(CSc3ccccc3)cc2[C@H]2C=CC[C@@H]21. The second-order valence-electron chi connectivity index (χ2n) is 8.08. The number of hydrogen-bond acceptors (Lipinski definition) is 2. The normalized spacial score (nSPS) is 22.0. The van der Waals surface area contributed by atoms with E-state index in [-0.39, 0.29) is 17.9 Å². The summed E-state index contributed by atoms with van der Waals surface area (Å²) in [5, 5.41) is 3.45. The van der Waals surface area contributed by atoms with E-state index in [2.05, 4.69) is 41.7 Å². The van der Waals surface area contributed by atoms with Crippen LogP contribution in [0.4, 0.5) is 18.9 Å². The lowest BCUT2D eigenvalue weighted by atomic mass is 9.76. The van der Waals surface area contributed by atoms with Crippen molar-refractivity contribution in [1.29, 1.82) is 0 Å². The van der Waals surface area contributed by atoms with Crippen molar-refractivity contribution < 1.29 is 13.2 Å². The molecule has 0 amide bonds. The third-order valence-corrected chi connectivity index (χ3v) is 7.26. The van der Waals surface area contributed by atoms with E-state index in [1.54, 1.807) is 23.9 Å². The number of alkyl halides is 3. The van der Waals surface area contributed by atoms with Crippen molar-refractivity contribution >= 4 is 17.4 Å². The van der Waals surface area contributed by atoms with Gasteiger partial charge in [-0.2, -0.15) is 13.2 Å². The number of anilines is 1. The average Bonchev–Trinajstić information content (AvgIpc) is 3.28. The van der Waals surface area contributed by atoms with Gasteiger partial charge in [0.05, 0.1) is 11.6 Å². The van der Waals surface area contributed by atoms with E-state index in [1.165, 1.54) is 28.2 Å². The van der Waals surface area contributed by atoms with Gasteiger partial charge in [0.1, 0.15) is 0 Å². The zero-order valence-electron chi connectivity index (χ0n) is 16.8. The van der Waals surface area contributed by atoms with E-state index in [0.717, 1.165) is 17.9 Å². The van der Waals surface area contributed by atoms with Gasteiger partial charge in [0.25, 0.3) is 0 Å². The van der Waals surface area contributed by atoms with E-state index in [4.69, 9.17) is 0 Å². The molecule has 0 radical (unpaired) electrons. The number of thioether (sulfide) groups is 1. The van der Waals surface area contributed by atoms with Crippen molar-refractivity contribution in [1.82, 2.24) is 0 Å². The van der Waals surface area contributed by atoms with Crippen LogP contribution < -0.4 is 5.32 Å². The summed E-state index contributed by atoms with van der Waals surface area (Å²) in [4.78, 5) is 1.22. The third-order valence-electron chi connectivity index (χ3n) is 6.18. The van der Waals surface area contributed by atoms with Gasteiger partial charge in [-0.3, -0.25) is 0 Å². The molecule has 0 unspecified atom stereocenters. The second kappa shape index (κ2) is 8.12. The van der Waals surface area contributed by atoms with Crippen LogP contribution in [-0.4, -0.2) is 0 Å². The summed E-state index contributed by atoms with van der Waals surface area (Å²) in [7, 11) is 0. The lowest BCUT2D eigenvalue weighted by Gasteiger charge is -2.38. The number of allylic oxidation sites excluding steroid dienone is 2. The van der Waals surface area contributed by atoms with Crippen LogP contribution in [-0.2, 0) is 11.9 Å². The molecule has 0 saturated carbocycles. The molecule has 1 nitrogen and oxygen atoms in total. The van der Waals surface area contributed by atoms with Gasteiger partial charge in [-0.25, -0.2) is 0 Å². The van der Waals surface area contributed by atoms with Gasteiger partial charge in [0, 0.05) is 22.3 Å². The predicted molar refractivity (Wildman–Crippen MR) is 120 cm³/mol. The largest absolute Gasteiger partial charge is 0.416 e. The van der Waals surface area contributed by atoms with Gasteiger partial charge in [-0.05, 0) is 53.3 Å².